The number of halogens is 1. The van der Waals surface area contributed by atoms with Crippen LogP contribution in [0.3, 0.4) is 0 Å². The second-order valence-electron chi connectivity index (χ2n) is 6.04. The highest BCUT2D eigenvalue weighted by atomic mass is 32.2. The van der Waals surface area contributed by atoms with Crippen molar-refractivity contribution in [1.82, 2.24) is 0 Å². The minimum atomic E-state index is -3.78. The zero-order valence-electron chi connectivity index (χ0n) is 15.5. The molecular weight excluding hydrogens is 397 g/mol. The van der Waals surface area contributed by atoms with Crippen LogP contribution in [0.2, 0.25) is 0 Å². The van der Waals surface area contributed by atoms with E-state index >= 15 is 0 Å². The van der Waals surface area contributed by atoms with Gasteiger partial charge in [-0.1, -0.05) is 30.3 Å². The number of methoxy groups -OCH3 is 1. The van der Waals surface area contributed by atoms with Gasteiger partial charge in [0.1, 0.15) is 6.61 Å². The predicted octanol–water partition coefficient (Wildman–Crippen LogP) is 3.99. The van der Waals surface area contributed by atoms with E-state index in [-0.39, 0.29) is 28.5 Å². The molecule has 1 N–H and O–H groups in total. The Hall–Kier alpha value is -3.39. The smallest absolute Gasteiger partial charge is 0.338 e. The van der Waals surface area contributed by atoms with Crippen molar-refractivity contribution in [1.29, 1.82) is 0 Å². The number of carbonyl (C=O) groups is 1. The summed E-state index contributed by atoms with van der Waals surface area (Å²) >= 11 is 0. The number of carbonyl (C=O) groups excluding carboxylic acids is 1. The SMILES string of the molecule is COc1ccc(COC(=O)c2cccc(NS(=O)(=O)c3ccccc3)c2)cc1F. The maximum absolute atomic E-state index is 13.7. The first-order valence-electron chi connectivity index (χ1n) is 8.56. The highest BCUT2D eigenvalue weighted by Crippen LogP contribution is 2.20. The van der Waals surface area contributed by atoms with Crippen molar-refractivity contribution < 1.29 is 27.1 Å². The van der Waals surface area contributed by atoms with Crippen LogP contribution in [0.5, 0.6) is 5.75 Å². The Labute approximate surface area is 168 Å². The lowest BCUT2D eigenvalue weighted by Gasteiger charge is -2.10. The standard InChI is InChI=1S/C21H18FNO5S/c1-27-20-11-10-15(12-19(20)22)14-28-21(24)16-6-5-7-17(13-16)23-29(25,26)18-8-3-2-4-9-18/h2-13,23H,14H2,1H3. The van der Waals surface area contributed by atoms with Crippen molar-refractivity contribution >= 4 is 21.7 Å². The van der Waals surface area contributed by atoms with E-state index < -0.39 is 21.8 Å². The largest absolute Gasteiger partial charge is 0.494 e. The molecule has 29 heavy (non-hydrogen) atoms. The Morgan fingerprint density at radius 1 is 1.00 bits per heavy atom. The van der Waals surface area contributed by atoms with Crippen LogP contribution < -0.4 is 9.46 Å². The molecule has 3 aromatic rings. The highest BCUT2D eigenvalue weighted by molar-refractivity contribution is 7.92. The number of rotatable bonds is 7. The van der Waals surface area contributed by atoms with Crippen molar-refractivity contribution in [2.75, 3.05) is 11.8 Å². The fraction of sp³-hybridized carbons (Fsp3) is 0.0952. The number of sulfonamides is 1. The van der Waals surface area contributed by atoms with Gasteiger partial charge in [-0.2, -0.15) is 0 Å². The summed E-state index contributed by atoms with van der Waals surface area (Å²) in [4.78, 5) is 12.4. The number of ether oxygens (including phenoxy) is 2. The van der Waals surface area contributed by atoms with Crippen molar-refractivity contribution in [3.8, 4) is 5.75 Å². The summed E-state index contributed by atoms with van der Waals surface area (Å²) in [7, 11) is -2.42. The van der Waals surface area contributed by atoms with Gasteiger partial charge in [0.25, 0.3) is 10.0 Å². The summed E-state index contributed by atoms with van der Waals surface area (Å²) in [5.41, 5.74) is 0.837. The zero-order valence-corrected chi connectivity index (χ0v) is 16.3. The second-order valence-corrected chi connectivity index (χ2v) is 7.73. The molecule has 0 saturated carbocycles. The molecule has 0 unspecified atom stereocenters. The van der Waals surface area contributed by atoms with Crippen molar-refractivity contribution in [3.63, 3.8) is 0 Å². The second kappa shape index (κ2) is 8.74. The van der Waals surface area contributed by atoms with Gasteiger partial charge < -0.3 is 9.47 Å². The van der Waals surface area contributed by atoms with E-state index in [9.17, 15) is 17.6 Å². The van der Waals surface area contributed by atoms with Crippen molar-refractivity contribution in [2.45, 2.75) is 11.5 Å². The van der Waals surface area contributed by atoms with Gasteiger partial charge in [0.2, 0.25) is 0 Å². The summed E-state index contributed by atoms with van der Waals surface area (Å²) in [6.07, 6.45) is 0. The molecule has 0 atom stereocenters. The average Bonchev–Trinajstić information content (AvgIpc) is 2.72. The number of esters is 1. The molecule has 0 spiro atoms. The molecule has 0 amide bonds. The maximum atomic E-state index is 13.7. The Morgan fingerprint density at radius 3 is 2.45 bits per heavy atom. The quantitative estimate of drug-likeness (QED) is 0.590. The van der Waals surface area contributed by atoms with Gasteiger partial charge in [-0.15, -0.1) is 0 Å². The monoisotopic (exact) mass is 415 g/mol. The minimum Gasteiger partial charge on any atom is -0.494 e. The highest BCUT2D eigenvalue weighted by Gasteiger charge is 2.15. The third kappa shape index (κ3) is 5.11. The molecular formula is C21H18FNO5S. The van der Waals surface area contributed by atoms with E-state index in [1.165, 1.54) is 55.6 Å². The van der Waals surface area contributed by atoms with Crippen LogP contribution in [0.15, 0.2) is 77.7 Å². The fourth-order valence-corrected chi connectivity index (χ4v) is 3.63. The lowest BCUT2D eigenvalue weighted by atomic mass is 10.2. The number of hydrogen-bond acceptors (Lipinski definition) is 5. The Balaban J connectivity index is 1.69. The number of nitrogens with one attached hydrogen (secondary N) is 1. The molecule has 0 bridgehead atoms. The van der Waals surface area contributed by atoms with E-state index in [1.54, 1.807) is 24.3 Å². The van der Waals surface area contributed by atoms with Gasteiger partial charge in [0.15, 0.2) is 11.6 Å². The van der Waals surface area contributed by atoms with E-state index in [0.717, 1.165) is 0 Å². The molecule has 0 heterocycles. The lowest BCUT2D eigenvalue weighted by molar-refractivity contribution is 0.0472. The van der Waals surface area contributed by atoms with Gasteiger partial charge in [0.05, 0.1) is 17.6 Å². The Morgan fingerprint density at radius 2 is 1.76 bits per heavy atom. The summed E-state index contributed by atoms with van der Waals surface area (Å²) in [5, 5.41) is 0. The molecule has 0 aliphatic heterocycles. The molecule has 6 nitrogen and oxygen atoms in total. The van der Waals surface area contributed by atoms with Crippen LogP contribution >= 0.6 is 0 Å². The van der Waals surface area contributed by atoms with Gasteiger partial charge >= 0.3 is 5.97 Å². The van der Waals surface area contributed by atoms with Gasteiger partial charge in [-0.25, -0.2) is 17.6 Å². The molecule has 3 aromatic carbocycles. The normalized spacial score (nSPS) is 11.0. The minimum absolute atomic E-state index is 0.0958. The van der Waals surface area contributed by atoms with E-state index in [2.05, 4.69) is 4.72 Å². The van der Waals surface area contributed by atoms with Crippen LogP contribution in [0.25, 0.3) is 0 Å². The maximum Gasteiger partial charge on any atom is 0.338 e. The van der Waals surface area contributed by atoms with Crippen molar-refractivity contribution in [2.24, 2.45) is 0 Å². The first-order chi connectivity index (χ1) is 13.9. The molecule has 0 saturated heterocycles. The van der Waals surface area contributed by atoms with Crippen LogP contribution in [-0.2, 0) is 21.4 Å². The molecule has 0 radical (unpaired) electrons. The zero-order chi connectivity index (χ0) is 20.9. The average molecular weight is 415 g/mol. The summed E-state index contributed by atoms with van der Waals surface area (Å²) in [5.74, 6) is -1.13. The third-order valence-corrected chi connectivity index (χ3v) is 5.39. The summed E-state index contributed by atoms with van der Waals surface area (Å²) in [6.45, 7) is -0.139. The summed E-state index contributed by atoms with van der Waals surface area (Å²) in [6, 6.07) is 18.0. The Kier molecular flexibility index (Phi) is 6.13. The first kappa shape index (κ1) is 20.3. The van der Waals surface area contributed by atoms with Gasteiger partial charge in [-0.3, -0.25) is 4.72 Å². The molecule has 150 valence electrons. The number of benzene rings is 3. The van der Waals surface area contributed by atoms with Crippen LogP contribution in [0, 0.1) is 5.82 Å². The van der Waals surface area contributed by atoms with E-state index in [1.807, 2.05) is 0 Å². The van der Waals surface area contributed by atoms with E-state index in [4.69, 9.17) is 9.47 Å². The number of hydrogen-bond donors (Lipinski definition) is 1. The van der Waals surface area contributed by atoms with Gasteiger partial charge in [-0.05, 0) is 48.0 Å². The fourth-order valence-electron chi connectivity index (χ4n) is 2.56. The molecule has 0 fully saturated rings. The molecule has 3 rings (SSSR count). The van der Waals surface area contributed by atoms with Crippen LogP contribution in [0.1, 0.15) is 15.9 Å². The molecule has 0 aliphatic rings. The van der Waals surface area contributed by atoms with Crippen LogP contribution in [-0.4, -0.2) is 21.5 Å². The molecule has 0 aromatic heterocycles. The predicted molar refractivity (Wildman–Crippen MR) is 106 cm³/mol. The van der Waals surface area contributed by atoms with Gasteiger partial charge in [0, 0.05) is 5.69 Å². The van der Waals surface area contributed by atoms with Crippen LogP contribution in [0.4, 0.5) is 10.1 Å². The topological polar surface area (TPSA) is 81.7 Å². The Bertz CT molecular complexity index is 1120. The first-order valence-corrected chi connectivity index (χ1v) is 10.0. The lowest BCUT2D eigenvalue weighted by Crippen LogP contribution is -2.13. The summed E-state index contributed by atoms with van der Waals surface area (Å²) < 4.78 is 51.0. The number of anilines is 1. The van der Waals surface area contributed by atoms with E-state index in [0.29, 0.717) is 5.56 Å². The molecule has 0 aliphatic carbocycles. The van der Waals surface area contributed by atoms with Crippen molar-refractivity contribution in [3.05, 3.63) is 89.7 Å². The third-order valence-electron chi connectivity index (χ3n) is 3.99. The molecule has 8 heteroatoms.